The molecular formula is C20H20F3NO3. The van der Waals surface area contributed by atoms with Gasteiger partial charge in [-0.15, -0.1) is 0 Å². The fourth-order valence-electron chi connectivity index (χ4n) is 2.96. The van der Waals surface area contributed by atoms with E-state index in [4.69, 9.17) is 5.11 Å². The van der Waals surface area contributed by atoms with Crippen LogP contribution in [0.2, 0.25) is 0 Å². The van der Waals surface area contributed by atoms with E-state index >= 15 is 0 Å². The fraction of sp³-hybridized carbons (Fsp3) is 0.300. The molecule has 27 heavy (non-hydrogen) atoms. The molecule has 1 amide bonds. The van der Waals surface area contributed by atoms with Gasteiger partial charge in [0, 0.05) is 5.69 Å². The zero-order valence-electron chi connectivity index (χ0n) is 14.9. The molecule has 144 valence electrons. The molecular weight excluding hydrogens is 359 g/mol. The Balaban J connectivity index is 2.21. The van der Waals surface area contributed by atoms with E-state index in [9.17, 15) is 22.8 Å². The summed E-state index contributed by atoms with van der Waals surface area (Å²) in [5.74, 6) is -2.68. The number of anilines is 1. The zero-order valence-corrected chi connectivity index (χ0v) is 14.9. The second-order valence-electron chi connectivity index (χ2n) is 6.56. The molecule has 0 saturated heterocycles. The summed E-state index contributed by atoms with van der Waals surface area (Å²) < 4.78 is 38.4. The number of hydrogen-bond acceptors (Lipinski definition) is 2. The second-order valence-corrected chi connectivity index (χ2v) is 6.56. The van der Waals surface area contributed by atoms with E-state index in [0.717, 1.165) is 28.8 Å². The van der Waals surface area contributed by atoms with Gasteiger partial charge >= 0.3 is 12.1 Å². The number of nitrogens with one attached hydrogen (secondary N) is 1. The summed E-state index contributed by atoms with van der Waals surface area (Å²) in [5.41, 5.74) is 1.86. The normalized spacial score (nSPS) is 12.5. The topological polar surface area (TPSA) is 66.4 Å². The van der Waals surface area contributed by atoms with E-state index in [1.54, 1.807) is 0 Å². The van der Waals surface area contributed by atoms with Crippen molar-refractivity contribution in [2.45, 2.75) is 32.9 Å². The van der Waals surface area contributed by atoms with Crippen molar-refractivity contribution in [1.29, 1.82) is 0 Å². The van der Waals surface area contributed by atoms with Crippen molar-refractivity contribution in [1.82, 2.24) is 0 Å². The number of aliphatic carboxylic acids is 1. The number of carbonyl (C=O) groups excluding carboxylic acids is 1. The Labute approximate surface area is 155 Å². The number of benzene rings is 2. The third-order valence-electron chi connectivity index (χ3n) is 4.01. The van der Waals surface area contributed by atoms with E-state index in [1.807, 2.05) is 32.0 Å². The summed E-state index contributed by atoms with van der Waals surface area (Å²) in [7, 11) is 0. The second kappa shape index (κ2) is 8.24. The molecule has 0 aliphatic heterocycles. The number of amides is 1. The van der Waals surface area contributed by atoms with Crippen molar-refractivity contribution in [3.05, 3.63) is 64.7 Å². The highest BCUT2D eigenvalue weighted by molar-refractivity contribution is 5.94. The first-order chi connectivity index (χ1) is 12.5. The van der Waals surface area contributed by atoms with Crippen LogP contribution in [-0.2, 0) is 22.2 Å². The quantitative estimate of drug-likeness (QED) is 0.771. The number of rotatable bonds is 6. The van der Waals surface area contributed by atoms with Crippen LogP contribution in [-0.4, -0.2) is 17.0 Å². The van der Waals surface area contributed by atoms with Crippen LogP contribution in [0.4, 0.5) is 18.9 Å². The molecule has 2 aromatic carbocycles. The molecule has 4 nitrogen and oxygen atoms in total. The number of carboxylic acids is 1. The third kappa shape index (κ3) is 6.13. The molecule has 0 unspecified atom stereocenters. The molecule has 0 fully saturated rings. The van der Waals surface area contributed by atoms with Gasteiger partial charge in [-0.2, -0.15) is 13.2 Å². The Hall–Kier alpha value is -2.83. The van der Waals surface area contributed by atoms with Crippen LogP contribution < -0.4 is 5.32 Å². The van der Waals surface area contributed by atoms with Crippen molar-refractivity contribution in [2.24, 2.45) is 5.92 Å². The average Bonchev–Trinajstić information content (AvgIpc) is 2.52. The van der Waals surface area contributed by atoms with E-state index in [0.29, 0.717) is 0 Å². The highest BCUT2D eigenvalue weighted by atomic mass is 19.4. The molecule has 2 rings (SSSR count). The lowest BCUT2D eigenvalue weighted by molar-refractivity contribution is -0.140. The van der Waals surface area contributed by atoms with Crippen LogP contribution in [0.5, 0.6) is 0 Å². The molecule has 2 N–H and O–H groups in total. The van der Waals surface area contributed by atoms with Gasteiger partial charge in [0.25, 0.3) is 0 Å². The number of hydrogen-bond donors (Lipinski definition) is 2. The maximum absolute atomic E-state index is 12.8. The molecule has 0 aliphatic rings. The van der Waals surface area contributed by atoms with Crippen LogP contribution >= 0.6 is 0 Å². The molecule has 0 spiro atoms. The van der Waals surface area contributed by atoms with Crippen molar-refractivity contribution in [3.63, 3.8) is 0 Å². The molecule has 1 atom stereocenters. The Bertz CT molecular complexity index is 826. The van der Waals surface area contributed by atoms with Crippen LogP contribution in [0.3, 0.4) is 0 Å². The molecule has 2 aromatic rings. The average molecular weight is 379 g/mol. The Morgan fingerprint density at radius 3 is 2.26 bits per heavy atom. The summed E-state index contributed by atoms with van der Waals surface area (Å²) in [4.78, 5) is 23.7. The minimum absolute atomic E-state index is 0.0226. The molecule has 7 heteroatoms. The van der Waals surface area contributed by atoms with Gasteiger partial charge in [-0.1, -0.05) is 35.4 Å². The third-order valence-corrected chi connectivity index (χ3v) is 4.01. The van der Waals surface area contributed by atoms with Gasteiger partial charge in [-0.3, -0.25) is 9.59 Å². The summed E-state index contributed by atoms with van der Waals surface area (Å²) in [6, 6.07) is 9.93. The van der Waals surface area contributed by atoms with Crippen LogP contribution in [0.1, 0.15) is 28.7 Å². The summed E-state index contributed by atoms with van der Waals surface area (Å²) >= 11 is 0. The Morgan fingerprint density at radius 1 is 1.07 bits per heavy atom. The van der Waals surface area contributed by atoms with E-state index in [1.165, 1.54) is 12.1 Å². The SMILES string of the molecule is Cc1cc(C)cc(C[C@@H](CC(=O)O)C(=O)Nc2cccc(C(F)(F)F)c2)c1. The lowest BCUT2D eigenvalue weighted by atomic mass is 9.93. The lowest BCUT2D eigenvalue weighted by Crippen LogP contribution is -2.27. The van der Waals surface area contributed by atoms with Crippen LogP contribution in [0.15, 0.2) is 42.5 Å². The van der Waals surface area contributed by atoms with Crippen molar-refractivity contribution < 1.29 is 27.9 Å². The van der Waals surface area contributed by atoms with Gasteiger partial charge in [0.15, 0.2) is 0 Å². The van der Waals surface area contributed by atoms with Gasteiger partial charge in [0.05, 0.1) is 17.9 Å². The molecule has 0 aromatic heterocycles. The van der Waals surface area contributed by atoms with Gasteiger partial charge < -0.3 is 10.4 Å². The van der Waals surface area contributed by atoms with Gasteiger partial charge in [-0.05, 0) is 44.0 Å². The number of aryl methyl sites for hydroxylation is 2. The zero-order chi connectivity index (χ0) is 20.2. The predicted octanol–water partition coefficient (Wildman–Crippen LogP) is 4.59. The van der Waals surface area contributed by atoms with E-state index in [2.05, 4.69) is 5.32 Å². The molecule has 0 aliphatic carbocycles. The first kappa shape index (κ1) is 20.5. The number of carboxylic acid groups (broad SMARTS) is 1. The highest BCUT2D eigenvalue weighted by Gasteiger charge is 2.31. The number of alkyl halides is 3. The largest absolute Gasteiger partial charge is 0.481 e. The Kier molecular flexibility index (Phi) is 6.25. The van der Waals surface area contributed by atoms with Gasteiger partial charge in [0.2, 0.25) is 5.91 Å². The molecule has 0 saturated carbocycles. The fourth-order valence-corrected chi connectivity index (χ4v) is 2.96. The summed E-state index contributed by atoms with van der Waals surface area (Å²) in [5, 5.41) is 11.5. The monoisotopic (exact) mass is 379 g/mol. The lowest BCUT2D eigenvalue weighted by Gasteiger charge is -2.17. The number of carbonyl (C=O) groups is 2. The summed E-state index contributed by atoms with van der Waals surface area (Å²) in [6.07, 6.45) is -4.77. The molecule has 0 radical (unpaired) electrons. The molecule has 0 heterocycles. The first-order valence-electron chi connectivity index (χ1n) is 8.31. The Morgan fingerprint density at radius 2 is 1.70 bits per heavy atom. The molecule has 0 bridgehead atoms. The number of halogens is 3. The van der Waals surface area contributed by atoms with Crippen LogP contribution in [0.25, 0.3) is 0 Å². The standard InChI is InChI=1S/C20H20F3NO3/c1-12-6-13(2)8-14(7-12)9-15(10-18(25)26)19(27)24-17-5-3-4-16(11-17)20(21,22)23/h3-8,11,15H,9-10H2,1-2H3,(H,24,27)(H,25,26)/t15-/m0/s1. The van der Waals surface area contributed by atoms with E-state index in [-0.39, 0.29) is 12.1 Å². The van der Waals surface area contributed by atoms with E-state index < -0.39 is 36.0 Å². The predicted molar refractivity (Wildman–Crippen MR) is 95.4 cm³/mol. The maximum Gasteiger partial charge on any atom is 0.416 e. The smallest absolute Gasteiger partial charge is 0.416 e. The minimum Gasteiger partial charge on any atom is -0.481 e. The summed E-state index contributed by atoms with van der Waals surface area (Å²) in [6.45, 7) is 3.79. The van der Waals surface area contributed by atoms with Gasteiger partial charge in [-0.25, -0.2) is 0 Å². The first-order valence-corrected chi connectivity index (χ1v) is 8.31. The van der Waals surface area contributed by atoms with Crippen LogP contribution in [0, 0.1) is 19.8 Å². The minimum atomic E-state index is -4.53. The highest BCUT2D eigenvalue weighted by Crippen LogP contribution is 2.31. The van der Waals surface area contributed by atoms with Crippen molar-refractivity contribution >= 4 is 17.6 Å². The maximum atomic E-state index is 12.8. The van der Waals surface area contributed by atoms with Gasteiger partial charge in [0.1, 0.15) is 0 Å². The van der Waals surface area contributed by atoms with Crippen molar-refractivity contribution in [2.75, 3.05) is 5.32 Å². The van der Waals surface area contributed by atoms with Crippen molar-refractivity contribution in [3.8, 4) is 0 Å².